The second kappa shape index (κ2) is 7.07. The summed E-state index contributed by atoms with van der Waals surface area (Å²) in [7, 11) is 0. The SMILES string of the molecule is CC[C@H](Cc1ccccc1)N(CC)C(=O)c1cc(C)no1. The third-order valence-electron chi connectivity index (χ3n) is 3.67. The molecule has 0 fully saturated rings. The van der Waals surface area contributed by atoms with Crippen molar-refractivity contribution < 1.29 is 9.32 Å². The first-order valence-electron chi connectivity index (χ1n) is 7.43. The summed E-state index contributed by atoms with van der Waals surface area (Å²) in [6.45, 7) is 6.58. The topological polar surface area (TPSA) is 46.3 Å². The van der Waals surface area contributed by atoms with Crippen molar-refractivity contribution in [1.82, 2.24) is 10.1 Å². The van der Waals surface area contributed by atoms with E-state index >= 15 is 0 Å². The maximum atomic E-state index is 12.6. The van der Waals surface area contributed by atoms with Crippen LogP contribution in [0, 0.1) is 6.92 Å². The molecule has 0 unspecified atom stereocenters. The summed E-state index contributed by atoms with van der Waals surface area (Å²) in [6, 6.07) is 12.1. The predicted octanol–water partition coefficient (Wildman–Crippen LogP) is 3.47. The number of rotatable bonds is 6. The Labute approximate surface area is 125 Å². The molecule has 0 aliphatic carbocycles. The van der Waals surface area contributed by atoms with Crippen molar-refractivity contribution in [3.63, 3.8) is 0 Å². The highest BCUT2D eigenvalue weighted by Crippen LogP contribution is 2.16. The Morgan fingerprint density at radius 1 is 1.29 bits per heavy atom. The van der Waals surface area contributed by atoms with E-state index in [2.05, 4.69) is 24.2 Å². The molecule has 0 spiro atoms. The standard InChI is InChI=1S/C17H22N2O2/c1-4-15(12-14-9-7-6-8-10-14)19(5-2)17(20)16-11-13(3)18-21-16/h6-11,15H,4-5,12H2,1-3H3/t15-/m1/s1. The van der Waals surface area contributed by atoms with Crippen LogP contribution in [-0.2, 0) is 6.42 Å². The van der Waals surface area contributed by atoms with Crippen LogP contribution in [0.25, 0.3) is 0 Å². The van der Waals surface area contributed by atoms with Gasteiger partial charge in [-0.3, -0.25) is 4.79 Å². The first-order chi connectivity index (χ1) is 10.2. The fourth-order valence-electron chi connectivity index (χ4n) is 2.53. The molecule has 0 radical (unpaired) electrons. The van der Waals surface area contributed by atoms with E-state index in [0.717, 1.165) is 18.5 Å². The van der Waals surface area contributed by atoms with Crippen molar-refractivity contribution >= 4 is 5.91 Å². The van der Waals surface area contributed by atoms with Crippen molar-refractivity contribution in [2.75, 3.05) is 6.54 Å². The lowest BCUT2D eigenvalue weighted by Crippen LogP contribution is -2.41. The lowest BCUT2D eigenvalue weighted by Gasteiger charge is -2.29. The fraction of sp³-hybridized carbons (Fsp3) is 0.412. The Hall–Kier alpha value is -2.10. The van der Waals surface area contributed by atoms with Crippen LogP contribution in [0.5, 0.6) is 0 Å². The van der Waals surface area contributed by atoms with Crippen LogP contribution in [0.1, 0.15) is 42.1 Å². The number of carbonyl (C=O) groups excluding carboxylic acids is 1. The van der Waals surface area contributed by atoms with Crippen molar-refractivity contribution in [2.24, 2.45) is 0 Å². The molecule has 1 heterocycles. The van der Waals surface area contributed by atoms with Crippen LogP contribution >= 0.6 is 0 Å². The van der Waals surface area contributed by atoms with Gasteiger partial charge in [-0.05, 0) is 32.3 Å². The number of hydrogen-bond donors (Lipinski definition) is 0. The Bertz CT molecular complexity index is 577. The quantitative estimate of drug-likeness (QED) is 0.817. The van der Waals surface area contributed by atoms with Gasteiger partial charge in [0.05, 0.1) is 5.69 Å². The molecule has 112 valence electrons. The van der Waals surface area contributed by atoms with E-state index in [1.165, 1.54) is 5.56 Å². The second-order valence-electron chi connectivity index (χ2n) is 5.18. The number of carbonyl (C=O) groups is 1. The fourth-order valence-corrected chi connectivity index (χ4v) is 2.53. The van der Waals surface area contributed by atoms with Crippen molar-refractivity contribution in [1.29, 1.82) is 0 Å². The molecule has 21 heavy (non-hydrogen) atoms. The van der Waals surface area contributed by atoms with Gasteiger partial charge >= 0.3 is 0 Å². The molecule has 2 aromatic rings. The van der Waals surface area contributed by atoms with Crippen LogP contribution in [0.2, 0.25) is 0 Å². The van der Waals surface area contributed by atoms with E-state index in [-0.39, 0.29) is 11.9 Å². The maximum absolute atomic E-state index is 12.6. The molecule has 0 aliphatic rings. The van der Waals surface area contributed by atoms with Gasteiger partial charge in [0.25, 0.3) is 5.91 Å². The summed E-state index contributed by atoms with van der Waals surface area (Å²) in [6.07, 6.45) is 1.76. The summed E-state index contributed by atoms with van der Waals surface area (Å²) < 4.78 is 5.11. The summed E-state index contributed by atoms with van der Waals surface area (Å²) in [5.41, 5.74) is 1.97. The second-order valence-corrected chi connectivity index (χ2v) is 5.18. The highest BCUT2D eigenvalue weighted by atomic mass is 16.5. The smallest absolute Gasteiger partial charge is 0.292 e. The molecule has 4 heteroatoms. The molecule has 0 bridgehead atoms. The van der Waals surface area contributed by atoms with Gasteiger partial charge in [-0.15, -0.1) is 0 Å². The average molecular weight is 286 g/mol. The molecule has 1 aromatic heterocycles. The Morgan fingerprint density at radius 2 is 2.00 bits per heavy atom. The summed E-state index contributed by atoms with van der Waals surface area (Å²) >= 11 is 0. The molecular weight excluding hydrogens is 264 g/mol. The van der Waals surface area contributed by atoms with Gasteiger partial charge in [0.1, 0.15) is 0 Å². The summed E-state index contributed by atoms with van der Waals surface area (Å²) in [4.78, 5) is 14.4. The van der Waals surface area contributed by atoms with Crippen LogP contribution < -0.4 is 0 Å². The van der Waals surface area contributed by atoms with Crippen molar-refractivity contribution in [3.8, 4) is 0 Å². The average Bonchev–Trinajstić information content (AvgIpc) is 2.94. The Kier molecular flexibility index (Phi) is 5.14. The number of aromatic nitrogens is 1. The minimum Gasteiger partial charge on any atom is -0.351 e. The monoisotopic (exact) mass is 286 g/mol. The third-order valence-corrected chi connectivity index (χ3v) is 3.67. The molecule has 2 rings (SSSR count). The Morgan fingerprint density at radius 3 is 2.52 bits per heavy atom. The van der Waals surface area contributed by atoms with Gasteiger partial charge in [0, 0.05) is 18.7 Å². The van der Waals surface area contributed by atoms with Crippen LogP contribution in [0.15, 0.2) is 40.9 Å². The molecule has 0 aliphatic heterocycles. The van der Waals surface area contributed by atoms with Gasteiger partial charge in [0.15, 0.2) is 0 Å². The largest absolute Gasteiger partial charge is 0.351 e. The molecule has 0 N–H and O–H groups in total. The van der Waals surface area contributed by atoms with Crippen LogP contribution in [-0.4, -0.2) is 28.6 Å². The van der Waals surface area contributed by atoms with Crippen molar-refractivity contribution in [3.05, 3.63) is 53.4 Å². The molecule has 1 aromatic carbocycles. The van der Waals surface area contributed by atoms with Gasteiger partial charge in [-0.2, -0.15) is 0 Å². The third kappa shape index (κ3) is 3.72. The van der Waals surface area contributed by atoms with E-state index in [0.29, 0.717) is 12.3 Å². The van der Waals surface area contributed by atoms with Gasteiger partial charge in [0.2, 0.25) is 5.76 Å². The van der Waals surface area contributed by atoms with Gasteiger partial charge in [-0.25, -0.2) is 0 Å². The number of aryl methyl sites for hydroxylation is 1. The lowest BCUT2D eigenvalue weighted by molar-refractivity contribution is 0.0641. The lowest BCUT2D eigenvalue weighted by atomic mass is 10.0. The first-order valence-corrected chi connectivity index (χ1v) is 7.43. The van der Waals surface area contributed by atoms with E-state index < -0.39 is 0 Å². The minimum absolute atomic E-state index is 0.0825. The molecule has 4 nitrogen and oxygen atoms in total. The molecule has 0 saturated heterocycles. The van der Waals surface area contributed by atoms with E-state index in [1.54, 1.807) is 6.07 Å². The number of nitrogens with zero attached hydrogens (tertiary/aromatic N) is 2. The normalized spacial score (nSPS) is 12.1. The molecule has 1 atom stereocenters. The van der Waals surface area contributed by atoms with Crippen LogP contribution in [0.4, 0.5) is 0 Å². The van der Waals surface area contributed by atoms with E-state index in [4.69, 9.17) is 4.52 Å². The minimum atomic E-state index is -0.0825. The highest BCUT2D eigenvalue weighted by molar-refractivity contribution is 5.91. The number of amides is 1. The number of hydrogen-bond acceptors (Lipinski definition) is 3. The predicted molar refractivity (Wildman–Crippen MR) is 82.2 cm³/mol. The van der Waals surface area contributed by atoms with Crippen LogP contribution in [0.3, 0.4) is 0 Å². The van der Waals surface area contributed by atoms with E-state index in [9.17, 15) is 4.79 Å². The summed E-state index contributed by atoms with van der Waals surface area (Å²) in [5.74, 6) is 0.238. The van der Waals surface area contributed by atoms with E-state index in [1.807, 2.05) is 36.9 Å². The number of likely N-dealkylation sites (N-methyl/N-ethyl adjacent to an activating group) is 1. The molecule has 1 amide bonds. The van der Waals surface area contributed by atoms with Crippen molar-refractivity contribution in [2.45, 2.75) is 39.7 Å². The zero-order valence-electron chi connectivity index (χ0n) is 12.9. The maximum Gasteiger partial charge on any atom is 0.292 e. The van der Waals surface area contributed by atoms with Gasteiger partial charge in [-0.1, -0.05) is 42.4 Å². The molecule has 0 saturated carbocycles. The summed E-state index contributed by atoms with van der Waals surface area (Å²) in [5, 5.41) is 3.80. The highest BCUT2D eigenvalue weighted by Gasteiger charge is 2.25. The first kappa shape index (κ1) is 15.3. The zero-order chi connectivity index (χ0) is 15.2. The molecular formula is C17H22N2O2. The van der Waals surface area contributed by atoms with Gasteiger partial charge < -0.3 is 9.42 Å². The Balaban J connectivity index is 2.15. The number of benzene rings is 1. The zero-order valence-corrected chi connectivity index (χ0v) is 12.9.